The summed E-state index contributed by atoms with van der Waals surface area (Å²) >= 11 is 0. The predicted molar refractivity (Wildman–Crippen MR) is 79.4 cm³/mol. The average molecular weight is 271 g/mol. The van der Waals surface area contributed by atoms with Gasteiger partial charge in [-0.1, -0.05) is 24.3 Å². The molecule has 1 heterocycles. The van der Waals surface area contributed by atoms with Crippen LogP contribution in [0.2, 0.25) is 0 Å². The number of hydrogen-bond acceptors (Lipinski definition) is 2. The third-order valence-corrected chi connectivity index (χ3v) is 3.48. The Bertz CT molecular complexity index is 616. The van der Waals surface area contributed by atoms with Crippen molar-refractivity contribution in [1.82, 2.24) is 14.7 Å². The van der Waals surface area contributed by atoms with E-state index >= 15 is 0 Å². The monoisotopic (exact) mass is 271 g/mol. The Morgan fingerprint density at radius 2 is 1.95 bits per heavy atom. The molecule has 0 saturated heterocycles. The fourth-order valence-corrected chi connectivity index (χ4v) is 2.22. The van der Waals surface area contributed by atoms with Crippen LogP contribution in [0.15, 0.2) is 30.3 Å². The fraction of sp³-hybridized carbons (Fsp3) is 0.375. The third-order valence-electron chi connectivity index (χ3n) is 3.48. The van der Waals surface area contributed by atoms with Crippen LogP contribution in [0, 0.1) is 20.8 Å². The summed E-state index contributed by atoms with van der Waals surface area (Å²) in [6.07, 6.45) is 0. The Morgan fingerprint density at radius 1 is 1.25 bits per heavy atom. The van der Waals surface area contributed by atoms with E-state index in [-0.39, 0.29) is 5.91 Å². The minimum Gasteiger partial charge on any atom is -0.340 e. The number of aryl methyl sites for hydroxylation is 3. The van der Waals surface area contributed by atoms with E-state index in [1.54, 1.807) is 9.58 Å². The van der Waals surface area contributed by atoms with Crippen LogP contribution in [0.1, 0.15) is 22.5 Å². The number of carbonyl (C=O) groups excluding carboxylic acids is 1. The van der Waals surface area contributed by atoms with Crippen LogP contribution in [0.5, 0.6) is 0 Å². The zero-order valence-electron chi connectivity index (χ0n) is 12.6. The van der Waals surface area contributed by atoms with E-state index in [0.29, 0.717) is 13.1 Å². The molecule has 0 unspecified atom stereocenters. The highest BCUT2D eigenvalue weighted by atomic mass is 16.2. The van der Waals surface area contributed by atoms with Crippen molar-refractivity contribution in [1.29, 1.82) is 0 Å². The number of amides is 1. The van der Waals surface area contributed by atoms with Gasteiger partial charge >= 0.3 is 0 Å². The SMILES string of the molecule is Cc1cc(C)n(CC(=O)N(C)Cc2ccccc2C)n1. The van der Waals surface area contributed by atoms with Crippen LogP contribution in [0.4, 0.5) is 0 Å². The molecule has 0 spiro atoms. The van der Waals surface area contributed by atoms with Crippen molar-refractivity contribution < 1.29 is 4.79 Å². The molecule has 0 aliphatic carbocycles. The number of benzene rings is 1. The quantitative estimate of drug-likeness (QED) is 0.856. The van der Waals surface area contributed by atoms with Crippen molar-refractivity contribution in [2.45, 2.75) is 33.9 Å². The van der Waals surface area contributed by atoms with Crippen molar-refractivity contribution in [2.24, 2.45) is 0 Å². The van der Waals surface area contributed by atoms with Gasteiger partial charge in [-0.2, -0.15) is 5.10 Å². The van der Waals surface area contributed by atoms with Gasteiger partial charge in [-0.05, 0) is 38.0 Å². The molecule has 1 amide bonds. The second kappa shape index (κ2) is 5.90. The molecule has 4 heteroatoms. The highest BCUT2D eigenvalue weighted by Crippen LogP contribution is 2.10. The molecule has 0 aliphatic heterocycles. The lowest BCUT2D eigenvalue weighted by Gasteiger charge is -2.19. The summed E-state index contributed by atoms with van der Waals surface area (Å²) in [6.45, 7) is 6.89. The maximum absolute atomic E-state index is 12.3. The van der Waals surface area contributed by atoms with Crippen LogP contribution in [0.3, 0.4) is 0 Å². The number of carbonyl (C=O) groups is 1. The zero-order valence-corrected chi connectivity index (χ0v) is 12.6. The van der Waals surface area contributed by atoms with Gasteiger partial charge in [0.05, 0.1) is 5.69 Å². The van der Waals surface area contributed by atoms with Gasteiger partial charge in [0.15, 0.2) is 0 Å². The first-order chi connectivity index (χ1) is 9.47. The average Bonchev–Trinajstić information content (AvgIpc) is 2.70. The Morgan fingerprint density at radius 3 is 2.55 bits per heavy atom. The van der Waals surface area contributed by atoms with Crippen LogP contribution in [0.25, 0.3) is 0 Å². The first-order valence-electron chi connectivity index (χ1n) is 6.77. The van der Waals surface area contributed by atoms with Crippen LogP contribution in [-0.4, -0.2) is 27.6 Å². The summed E-state index contributed by atoms with van der Waals surface area (Å²) < 4.78 is 1.76. The van der Waals surface area contributed by atoms with E-state index in [2.05, 4.69) is 24.2 Å². The van der Waals surface area contributed by atoms with Crippen molar-refractivity contribution in [3.63, 3.8) is 0 Å². The molecule has 106 valence electrons. The van der Waals surface area contributed by atoms with Crippen molar-refractivity contribution in [2.75, 3.05) is 7.05 Å². The standard InChI is InChI=1S/C16H21N3O/c1-12-7-5-6-8-15(12)10-18(4)16(20)11-19-14(3)9-13(2)17-19/h5-9H,10-11H2,1-4H3. The molecule has 0 bridgehead atoms. The van der Waals surface area contributed by atoms with Crippen LogP contribution < -0.4 is 0 Å². The van der Waals surface area contributed by atoms with Gasteiger partial charge in [0.2, 0.25) is 5.91 Å². The molecule has 0 aliphatic rings. The molecular weight excluding hydrogens is 250 g/mol. The molecule has 20 heavy (non-hydrogen) atoms. The molecule has 0 atom stereocenters. The zero-order chi connectivity index (χ0) is 14.7. The number of rotatable bonds is 4. The summed E-state index contributed by atoms with van der Waals surface area (Å²) in [7, 11) is 1.83. The van der Waals surface area contributed by atoms with E-state index in [4.69, 9.17) is 0 Å². The van der Waals surface area contributed by atoms with Gasteiger partial charge in [-0.15, -0.1) is 0 Å². The Hall–Kier alpha value is -2.10. The summed E-state index contributed by atoms with van der Waals surface area (Å²) in [5.74, 6) is 0.0689. The molecule has 2 rings (SSSR count). The lowest BCUT2D eigenvalue weighted by atomic mass is 10.1. The minimum atomic E-state index is 0.0689. The topological polar surface area (TPSA) is 38.1 Å². The number of hydrogen-bond donors (Lipinski definition) is 0. The molecule has 2 aromatic rings. The van der Waals surface area contributed by atoms with Gasteiger partial charge in [-0.25, -0.2) is 0 Å². The third kappa shape index (κ3) is 3.26. The lowest BCUT2D eigenvalue weighted by molar-refractivity contribution is -0.131. The molecular formula is C16H21N3O. The van der Waals surface area contributed by atoms with Crippen molar-refractivity contribution >= 4 is 5.91 Å². The Labute approximate surface area is 120 Å². The first kappa shape index (κ1) is 14.3. The Balaban J connectivity index is 2.02. The summed E-state index contributed by atoms with van der Waals surface area (Å²) in [5.41, 5.74) is 4.34. The highest BCUT2D eigenvalue weighted by molar-refractivity contribution is 5.75. The minimum absolute atomic E-state index is 0.0689. The smallest absolute Gasteiger partial charge is 0.244 e. The van der Waals surface area contributed by atoms with E-state index in [1.807, 2.05) is 39.1 Å². The summed E-state index contributed by atoms with van der Waals surface area (Å²) in [4.78, 5) is 14.0. The number of likely N-dealkylation sites (N-methyl/N-ethyl adjacent to an activating group) is 1. The molecule has 1 aromatic heterocycles. The maximum Gasteiger partial charge on any atom is 0.244 e. The fourth-order valence-electron chi connectivity index (χ4n) is 2.22. The van der Waals surface area contributed by atoms with Crippen molar-refractivity contribution in [3.8, 4) is 0 Å². The summed E-state index contributed by atoms with van der Waals surface area (Å²) in [5, 5.41) is 4.33. The second-order valence-corrected chi connectivity index (χ2v) is 5.26. The molecule has 4 nitrogen and oxygen atoms in total. The van der Waals surface area contributed by atoms with Gasteiger partial charge in [-0.3, -0.25) is 9.48 Å². The van der Waals surface area contributed by atoms with Gasteiger partial charge < -0.3 is 4.90 Å². The van der Waals surface area contributed by atoms with Crippen LogP contribution in [-0.2, 0) is 17.9 Å². The number of aromatic nitrogens is 2. The normalized spacial score (nSPS) is 10.6. The molecule has 0 fully saturated rings. The second-order valence-electron chi connectivity index (χ2n) is 5.26. The van der Waals surface area contributed by atoms with E-state index in [0.717, 1.165) is 11.4 Å². The molecule has 1 aromatic carbocycles. The Kier molecular flexibility index (Phi) is 4.23. The van der Waals surface area contributed by atoms with Gasteiger partial charge in [0, 0.05) is 19.3 Å². The van der Waals surface area contributed by atoms with E-state index in [1.165, 1.54) is 11.1 Å². The largest absolute Gasteiger partial charge is 0.340 e. The number of nitrogens with zero attached hydrogens (tertiary/aromatic N) is 3. The highest BCUT2D eigenvalue weighted by Gasteiger charge is 2.13. The van der Waals surface area contributed by atoms with Gasteiger partial charge in [0.1, 0.15) is 6.54 Å². The van der Waals surface area contributed by atoms with E-state index in [9.17, 15) is 4.79 Å². The molecule has 0 saturated carbocycles. The molecule has 0 radical (unpaired) electrons. The first-order valence-corrected chi connectivity index (χ1v) is 6.77. The van der Waals surface area contributed by atoms with Gasteiger partial charge in [0.25, 0.3) is 0 Å². The maximum atomic E-state index is 12.3. The molecule has 0 N–H and O–H groups in total. The van der Waals surface area contributed by atoms with E-state index < -0.39 is 0 Å². The summed E-state index contributed by atoms with van der Waals surface area (Å²) in [6, 6.07) is 10.1. The predicted octanol–water partition coefficient (Wildman–Crippen LogP) is 2.47. The van der Waals surface area contributed by atoms with Crippen LogP contribution >= 0.6 is 0 Å². The lowest BCUT2D eigenvalue weighted by Crippen LogP contribution is -2.30. The van der Waals surface area contributed by atoms with Crippen molar-refractivity contribution in [3.05, 3.63) is 52.8 Å².